The predicted octanol–water partition coefficient (Wildman–Crippen LogP) is 7.41. The molecule has 0 nitrogen and oxygen atoms in total. The second-order valence-corrected chi connectivity index (χ2v) is 7.11. The average Bonchev–Trinajstić information content (AvgIpc) is 3.10. The molecule has 0 unspecified atom stereocenters. The molecule has 0 amide bonds. The molecule has 26 heavy (non-hydrogen) atoms. The second-order valence-electron chi connectivity index (χ2n) is 7.11. The molecule has 1 aliphatic rings. The Morgan fingerprint density at radius 2 is 1.46 bits per heavy atom. The third-order valence-corrected chi connectivity index (χ3v) is 5.43. The minimum Gasteiger partial charge on any atom is -0.0651 e. The highest BCUT2D eigenvalue weighted by Crippen LogP contribution is 2.40. The molecule has 1 radical (unpaired) electrons. The van der Waals surface area contributed by atoms with Crippen LogP contribution >= 0.6 is 0 Å². The van der Waals surface area contributed by atoms with Crippen LogP contribution in [0.15, 0.2) is 78.4 Å². The van der Waals surface area contributed by atoms with Crippen LogP contribution in [0.1, 0.15) is 30.9 Å². The lowest BCUT2D eigenvalue weighted by atomic mass is 9.91. The summed E-state index contributed by atoms with van der Waals surface area (Å²) in [5, 5.41) is 5.29. The summed E-state index contributed by atoms with van der Waals surface area (Å²) in [5.41, 5.74) is 6.83. The summed E-state index contributed by atoms with van der Waals surface area (Å²) in [5.74, 6) is 0. The summed E-state index contributed by atoms with van der Waals surface area (Å²) in [7, 11) is 0. The van der Waals surface area contributed by atoms with Gasteiger partial charge in [0.2, 0.25) is 0 Å². The van der Waals surface area contributed by atoms with Gasteiger partial charge in [-0.2, -0.15) is 0 Å². The van der Waals surface area contributed by atoms with Crippen molar-refractivity contribution in [2.45, 2.75) is 19.8 Å². The minimum atomic E-state index is 1.15. The van der Waals surface area contributed by atoms with Crippen LogP contribution in [-0.4, -0.2) is 0 Å². The van der Waals surface area contributed by atoms with Gasteiger partial charge in [-0.05, 0) is 50.2 Å². The second kappa shape index (κ2) is 6.14. The number of benzene rings is 4. The Bertz CT molecular complexity index is 1160. The molecule has 0 aliphatic heterocycles. The number of rotatable bonds is 3. The van der Waals surface area contributed by atoms with Crippen LogP contribution in [0.4, 0.5) is 0 Å². The number of fused-ring (bicyclic) bond motifs is 4. The molecule has 0 heteroatoms. The van der Waals surface area contributed by atoms with Crippen molar-refractivity contribution >= 4 is 27.6 Å². The third kappa shape index (κ3) is 2.37. The lowest BCUT2D eigenvalue weighted by Gasteiger charge is -2.12. The maximum absolute atomic E-state index is 2.38. The summed E-state index contributed by atoms with van der Waals surface area (Å²) in [4.78, 5) is 0. The highest BCUT2D eigenvalue weighted by molar-refractivity contribution is 6.12. The molecule has 0 N–H and O–H groups in total. The molecule has 0 aromatic heterocycles. The first-order valence-corrected chi connectivity index (χ1v) is 9.44. The Labute approximate surface area is 154 Å². The number of hydrogen-bond donors (Lipinski definition) is 0. The Morgan fingerprint density at radius 1 is 0.654 bits per heavy atom. The standard InChI is InChI=1S/C26H21/c1-2-7-18-16-20-9-5-11-24(26(20)17-18)23-13-6-12-22-21-10-4-3-8-19(21)14-15-25(22)23/h3-6,8-17H,2,7H2,1H3. The number of allylic oxidation sites excluding steroid dienone is 1. The van der Waals surface area contributed by atoms with Gasteiger partial charge in [0.15, 0.2) is 0 Å². The maximum atomic E-state index is 2.38. The first kappa shape index (κ1) is 15.4. The van der Waals surface area contributed by atoms with Crippen molar-refractivity contribution in [3.63, 3.8) is 0 Å². The fraction of sp³-hybridized carbons (Fsp3) is 0.115. The Morgan fingerprint density at radius 3 is 2.38 bits per heavy atom. The van der Waals surface area contributed by atoms with Gasteiger partial charge in [0.1, 0.15) is 0 Å². The third-order valence-electron chi connectivity index (χ3n) is 5.43. The van der Waals surface area contributed by atoms with Gasteiger partial charge in [-0.3, -0.25) is 0 Å². The van der Waals surface area contributed by atoms with Gasteiger partial charge in [0.25, 0.3) is 0 Å². The summed E-state index contributed by atoms with van der Waals surface area (Å²) in [6.45, 7) is 2.24. The molecule has 0 spiro atoms. The normalized spacial score (nSPS) is 13.2. The van der Waals surface area contributed by atoms with Gasteiger partial charge < -0.3 is 0 Å². The van der Waals surface area contributed by atoms with E-state index < -0.39 is 0 Å². The summed E-state index contributed by atoms with van der Waals surface area (Å²) < 4.78 is 0. The molecule has 0 saturated heterocycles. The van der Waals surface area contributed by atoms with E-state index in [-0.39, 0.29) is 0 Å². The molecule has 0 atom stereocenters. The minimum absolute atomic E-state index is 1.15. The van der Waals surface area contributed by atoms with Gasteiger partial charge in [-0.15, -0.1) is 0 Å². The molecule has 0 saturated carbocycles. The quantitative estimate of drug-likeness (QED) is 0.342. The molecule has 5 rings (SSSR count). The smallest absolute Gasteiger partial charge is 0.0164 e. The van der Waals surface area contributed by atoms with E-state index in [1.807, 2.05) is 0 Å². The fourth-order valence-electron chi connectivity index (χ4n) is 4.24. The van der Waals surface area contributed by atoms with Crippen LogP contribution in [0, 0.1) is 6.42 Å². The van der Waals surface area contributed by atoms with E-state index in [9.17, 15) is 0 Å². The highest BCUT2D eigenvalue weighted by atomic mass is 14.2. The van der Waals surface area contributed by atoms with E-state index >= 15 is 0 Å². The zero-order chi connectivity index (χ0) is 17.5. The van der Waals surface area contributed by atoms with Crippen molar-refractivity contribution in [1.29, 1.82) is 0 Å². The maximum Gasteiger partial charge on any atom is 0.0164 e. The fourth-order valence-corrected chi connectivity index (χ4v) is 4.24. The Balaban J connectivity index is 1.77. The van der Waals surface area contributed by atoms with Crippen molar-refractivity contribution in [3.8, 4) is 11.1 Å². The van der Waals surface area contributed by atoms with Crippen molar-refractivity contribution in [2.24, 2.45) is 0 Å². The Hall–Kier alpha value is -2.86. The lowest BCUT2D eigenvalue weighted by molar-refractivity contribution is 0.924. The van der Waals surface area contributed by atoms with Crippen molar-refractivity contribution in [2.75, 3.05) is 0 Å². The van der Waals surface area contributed by atoms with Crippen LogP contribution in [0.25, 0.3) is 38.7 Å². The zero-order valence-electron chi connectivity index (χ0n) is 15.0. The molecule has 0 heterocycles. The monoisotopic (exact) mass is 333 g/mol. The van der Waals surface area contributed by atoms with Crippen LogP contribution in [-0.2, 0) is 0 Å². The predicted molar refractivity (Wildman–Crippen MR) is 113 cm³/mol. The van der Waals surface area contributed by atoms with Gasteiger partial charge in [0, 0.05) is 6.42 Å². The van der Waals surface area contributed by atoms with Crippen molar-refractivity contribution < 1.29 is 0 Å². The van der Waals surface area contributed by atoms with E-state index in [2.05, 4.69) is 92.2 Å². The number of hydrogen-bond acceptors (Lipinski definition) is 0. The SMILES string of the molecule is CCCC1=Cc2c(cccc2-c2cccc3c2ccc2ccccc23)[CH]1. The van der Waals surface area contributed by atoms with Crippen LogP contribution < -0.4 is 0 Å². The van der Waals surface area contributed by atoms with E-state index in [1.54, 1.807) is 0 Å². The van der Waals surface area contributed by atoms with Crippen molar-refractivity contribution in [1.82, 2.24) is 0 Å². The van der Waals surface area contributed by atoms with Crippen LogP contribution in [0.5, 0.6) is 0 Å². The molecule has 125 valence electrons. The van der Waals surface area contributed by atoms with Crippen molar-refractivity contribution in [3.05, 3.63) is 95.9 Å². The zero-order valence-corrected chi connectivity index (χ0v) is 15.0. The molecular formula is C26H21. The highest BCUT2D eigenvalue weighted by Gasteiger charge is 2.17. The van der Waals surface area contributed by atoms with Gasteiger partial charge >= 0.3 is 0 Å². The van der Waals surface area contributed by atoms with E-state index in [0.717, 1.165) is 6.42 Å². The average molecular weight is 333 g/mol. The Kier molecular flexibility index (Phi) is 3.64. The van der Waals surface area contributed by atoms with Gasteiger partial charge in [0.05, 0.1) is 0 Å². The lowest BCUT2D eigenvalue weighted by Crippen LogP contribution is -1.88. The first-order valence-electron chi connectivity index (χ1n) is 9.44. The largest absolute Gasteiger partial charge is 0.0651 e. The molecule has 0 fully saturated rings. The van der Waals surface area contributed by atoms with E-state index in [4.69, 9.17) is 0 Å². The van der Waals surface area contributed by atoms with Gasteiger partial charge in [-0.25, -0.2) is 0 Å². The van der Waals surface area contributed by atoms with E-state index in [1.165, 1.54) is 55.8 Å². The van der Waals surface area contributed by atoms with Crippen LogP contribution in [0.2, 0.25) is 0 Å². The van der Waals surface area contributed by atoms with E-state index in [0.29, 0.717) is 0 Å². The molecular weight excluding hydrogens is 312 g/mol. The van der Waals surface area contributed by atoms with Crippen LogP contribution in [0.3, 0.4) is 0 Å². The summed E-state index contributed by atoms with van der Waals surface area (Å²) >= 11 is 0. The molecule has 0 bridgehead atoms. The first-order chi connectivity index (χ1) is 12.8. The molecule has 1 aliphatic carbocycles. The summed E-state index contributed by atoms with van der Waals surface area (Å²) in [6.07, 6.45) is 7.07. The van der Waals surface area contributed by atoms with Gasteiger partial charge in [-0.1, -0.05) is 97.8 Å². The molecule has 4 aromatic carbocycles. The molecule has 4 aromatic rings. The summed E-state index contributed by atoms with van der Waals surface area (Å²) in [6, 6.07) is 26.6. The topological polar surface area (TPSA) is 0 Å².